The summed E-state index contributed by atoms with van der Waals surface area (Å²) in [7, 11) is 0. The third kappa shape index (κ3) is 3.53. The van der Waals surface area contributed by atoms with Gasteiger partial charge in [-0.2, -0.15) is 0 Å². The minimum atomic E-state index is -0.359. The van der Waals surface area contributed by atoms with E-state index in [0.29, 0.717) is 15.0 Å². The molecule has 2 nitrogen and oxygen atoms in total. The summed E-state index contributed by atoms with van der Waals surface area (Å²) in [4.78, 5) is 6.12. The van der Waals surface area contributed by atoms with Gasteiger partial charge in [0.1, 0.15) is 0 Å². The van der Waals surface area contributed by atoms with Gasteiger partial charge in [0.2, 0.25) is 0 Å². The Morgan fingerprint density at radius 3 is 2.08 bits per heavy atom. The number of oxime groups is 1. The standard InChI is InChI=1S/C22H19NOSe/c1-4-10-18(11-5-1)21-16-22(24-23-21,19-12-6-2-7-13-19)17-25-20-14-8-3-9-15-20/h1-15H,16-17H2/t22-/m1/s1. The van der Waals surface area contributed by atoms with Gasteiger partial charge in [-0.1, -0.05) is 0 Å². The number of nitrogens with zero attached hydrogens (tertiary/aromatic N) is 1. The van der Waals surface area contributed by atoms with E-state index in [1.165, 1.54) is 10.0 Å². The van der Waals surface area contributed by atoms with Crippen LogP contribution in [0.1, 0.15) is 17.5 Å². The summed E-state index contributed by atoms with van der Waals surface area (Å²) in [6, 6.07) is 31.5. The first-order chi connectivity index (χ1) is 12.4. The Morgan fingerprint density at radius 2 is 1.40 bits per heavy atom. The van der Waals surface area contributed by atoms with E-state index in [9.17, 15) is 0 Å². The van der Waals surface area contributed by atoms with Crippen LogP contribution in [0.5, 0.6) is 0 Å². The molecule has 3 aromatic rings. The molecule has 3 heteroatoms. The van der Waals surface area contributed by atoms with Gasteiger partial charge in [-0.05, 0) is 0 Å². The molecule has 0 bridgehead atoms. The first-order valence-electron chi connectivity index (χ1n) is 8.40. The van der Waals surface area contributed by atoms with Gasteiger partial charge < -0.3 is 0 Å². The molecule has 0 amide bonds. The fraction of sp³-hybridized carbons (Fsp3) is 0.136. The van der Waals surface area contributed by atoms with E-state index in [-0.39, 0.29) is 5.60 Å². The van der Waals surface area contributed by atoms with Crippen LogP contribution >= 0.6 is 0 Å². The molecule has 0 aliphatic carbocycles. The summed E-state index contributed by atoms with van der Waals surface area (Å²) in [5, 5.41) is 5.44. The van der Waals surface area contributed by atoms with Crippen LogP contribution in [0.2, 0.25) is 5.32 Å². The normalized spacial score (nSPS) is 19.3. The van der Waals surface area contributed by atoms with Gasteiger partial charge in [-0.3, -0.25) is 0 Å². The van der Waals surface area contributed by atoms with Crippen molar-refractivity contribution in [3.05, 3.63) is 102 Å². The van der Waals surface area contributed by atoms with E-state index in [2.05, 4.69) is 71.9 Å². The average molecular weight is 392 g/mol. The SMILES string of the molecule is c1ccc([Se]C[C@@]2(c3ccccc3)CC(c3ccccc3)=NO2)cc1. The molecule has 0 N–H and O–H groups in total. The summed E-state index contributed by atoms with van der Waals surface area (Å²) in [5.41, 5.74) is 3.03. The van der Waals surface area contributed by atoms with Crippen molar-refractivity contribution in [3.8, 4) is 0 Å². The van der Waals surface area contributed by atoms with Gasteiger partial charge in [-0.25, -0.2) is 0 Å². The van der Waals surface area contributed by atoms with Crippen molar-refractivity contribution in [3.63, 3.8) is 0 Å². The van der Waals surface area contributed by atoms with Gasteiger partial charge in [-0.15, -0.1) is 0 Å². The van der Waals surface area contributed by atoms with Crippen LogP contribution in [-0.4, -0.2) is 20.7 Å². The molecule has 0 saturated heterocycles. The zero-order valence-corrected chi connectivity index (χ0v) is 15.6. The Hall–Kier alpha value is -2.35. The molecule has 0 saturated carbocycles. The van der Waals surface area contributed by atoms with Crippen molar-refractivity contribution in [1.29, 1.82) is 0 Å². The predicted molar refractivity (Wildman–Crippen MR) is 103 cm³/mol. The molecule has 124 valence electrons. The molecule has 4 rings (SSSR count). The van der Waals surface area contributed by atoms with Gasteiger partial charge in [0.25, 0.3) is 0 Å². The Bertz CT molecular complexity index is 849. The first kappa shape index (κ1) is 16.1. The van der Waals surface area contributed by atoms with Crippen LogP contribution < -0.4 is 4.46 Å². The van der Waals surface area contributed by atoms with Crippen molar-refractivity contribution in [2.45, 2.75) is 17.3 Å². The van der Waals surface area contributed by atoms with Crippen molar-refractivity contribution >= 4 is 25.1 Å². The van der Waals surface area contributed by atoms with Crippen molar-refractivity contribution in [2.75, 3.05) is 0 Å². The first-order valence-corrected chi connectivity index (χ1v) is 10.5. The number of hydrogen-bond acceptors (Lipinski definition) is 2. The molecule has 1 heterocycles. The van der Waals surface area contributed by atoms with Gasteiger partial charge in [0, 0.05) is 0 Å². The molecule has 0 fully saturated rings. The summed E-state index contributed by atoms with van der Waals surface area (Å²) in [6.07, 6.45) is 0.815. The Morgan fingerprint density at radius 1 is 0.800 bits per heavy atom. The molecule has 1 atom stereocenters. The van der Waals surface area contributed by atoms with Crippen molar-refractivity contribution in [2.24, 2.45) is 5.16 Å². The second-order valence-corrected chi connectivity index (χ2v) is 8.33. The number of hydrogen-bond donors (Lipinski definition) is 0. The van der Waals surface area contributed by atoms with E-state index >= 15 is 0 Å². The minimum absolute atomic E-state index is 0.332. The van der Waals surface area contributed by atoms with E-state index in [1.807, 2.05) is 24.3 Å². The molecule has 1 aliphatic heterocycles. The van der Waals surface area contributed by atoms with Crippen LogP contribution in [0.4, 0.5) is 0 Å². The molecule has 0 spiro atoms. The number of rotatable bonds is 5. The third-order valence-electron chi connectivity index (χ3n) is 4.41. The monoisotopic (exact) mass is 393 g/mol. The molecule has 0 radical (unpaired) electrons. The Balaban J connectivity index is 1.60. The molecule has 25 heavy (non-hydrogen) atoms. The zero-order valence-electron chi connectivity index (χ0n) is 13.8. The third-order valence-corrected chi connectivity index (χ3v) is 6.96. The van der Waals surface area contributed by atoms with Crippen LogP contribution in [0, 0.1) is 0 Å². The maximum atomic E-state index is 6.12. The zero-order chi connectivity index (χ0) is 17.0. The maximum absolute atomic E-state index is 6.12. The molecule has 0 aromatic heterocycles. The van der Waals surface area contributed by atoms with Crippen LogP contribution in [0.15, 0.2) is 96.2 Å². The molecule has 1 aliphatic rings. The second kappa shape index (κ2) is 7.26. The van der Waals surface area contributed by atoms with Crippen LogP contribution in [-0.2, 0) is 10.4 Å². The number of benzene rings is 3. The molecular formula is C22H19NOSe. The van der Waals surface area contributed by atoms with E-state index < -0.39 is 0 Å². The molecule has 3 aromatic carbocycles. The summed E-state index contributed by atoms with van der Waals surface area (Å²) < 4.78 is 1.39. The Kier molecular flexibility index (Phi) is 4.69. The fourth-order valence-corrected chi connectivity index (χ4v) is 5.28. The van der Waals surface area contributed by atoms with E-state index in [4.69, 9.17) is 4.84 Å². The second-order valence-electron chi connectivity index (χ2n) is 6.13. The topological polar surface area (TPSA) is 21.6 Å². The fourth-order valence-electron chi connectivity index (χ4n) is 3.04. The van der Waals surface area contributed by atoms with Gasteiger partial charge >= 0.3 is 155 Å². The quantitative estimate of drug-likeness (QED) is 0.598. The van der Waals surface area contributed by atoms with E-state index in [1.54, 1.807) is 0 Å². The van der Waals surface area contributed by atoms with Gasteiger partial charge in [0.15, 0.2) is 0 Å². The van der Waals surface area contributed by atoms with Crippen molar-refractivity contribution in [1.82, 2.24) is 0 Å². The van der Waals surface area contributed by atoms with Crippen molar-refractivity contribution < 1.29 is 4.84 Å². The van der Waals surface area contributed by atoms with Crippen LogP contribution in [0.25, 0.3) is 0 Å². The van der Waals surface area contributed by atoms with Crippen LogP contribution in [0.3, 0.4) is 0 Å². The summed E-state index contributed by atoms with van der Waals surface area (Å²) in [5.74, 6) is 0. The summed E-state index contributed by atoms with van der Waals surface area (Å²) >= 11 is 0.332. The Labute approximate surface area is 154 Å². The van der Waals surface area contributed by atoms with Gasteiger partial charge in [0.05, 0.1) is 0 Å². The molecule has 0 unspecified atom stereocenters. The molecular weight excluding hydrogens is 373 g/mol. The predicted octanol–water partition coefficient (Wildman–Crippen LogP) is 4.15. The summed E-state index contributed by atoms with van der Waals surface area (Å²) in [6.45, 7) is 0. The van der Waals surface area contributed by atoms with E-state index in [0.717, 1.165) is 23.0 Å². The average Bonchev–Trinajstić information content (AvgIpc) is 3.14.